The SMILES string of the molecule is C=CCn1c(SCC(=O)NC(C)(C#N)C(C)C)nnc1-c1ccco1. The van der Waals surface area contributed by atoms with Crippen molar-refractivity contribution < 1.29 is 9.21 Å². The number of amides is 1. The van der Waals surface area contributed by atoms with E-state index in [0.717, 1.165) is 0 Å². The van der Waals surface area contributed by atoms with Crippen LogP contribution in [0.15, 0.2) is 40.6 Å². The van der Waals surface area contributed by atoms with E-state index in [0.29, 0.717) is 23.3 Å². The molecule has 0 bridgehead atoms. The predicted octanol–water partition coefficient (Wildman–Crippen LogP) is 2.87. The molecule has 1 atom stereocenters. The Hall–Kier alpha value is -2.53. The van der Waals surface area contributed by atoms with Gasteiger partial charge in [0.25, 0.3) is 0 Å². The average Bonchev–Trinajstić information content (AvgIpc) is 3.22. The number of hydrogen-bond acceptors (Lipinski definition) is 6. The van der Waals surface area contributed by atoms with E-state index in [2.05, 4.69) is 28.2 Å². The van der Waals surface area contributed by atoms with E-state index in [9.17, 15) is 10.1 Å². The summed E-state index contributed by atoms with van der Waals surface area (Å²) in [6.07, 6.45) is 3.29. The van der Waals surface area contributed by atoms with E-state index in [1.54, 1.807) is 31.4 Å². The minimum absolute atomic E-state index is 0.00132. The Morgan fingerprint density at radius 1 is 1.60 bits per heavy atom. The molecule has 7 nitrogen and oxygen atoms in total. The van der Waals surface area contributed by atoms with Gasteiger partial charge in [0.15, 0.2) is 10.9 Å². The zero-order valence-corrected chi connectivity index (χ0v) is 15.3. The van der Waals surface area contributed by atoms with Gasteiger partial charge in [0.05, 0.1) is 18.1 Å². The van der Waals surface area contributed by atoms with Crippen molar-refractivity contribution in [1.82, 2.24) is 20.1 Å². The average molecular weight is 359 g/mol. The van der Waals surface area contributed by atoms with Crippen molar-refractivity contribution in [2.24, 2.45) is 5.92 Å². The van der Waals surface area contributed by atoms with Gasteiger partial charge >= 0.3 is 0 Å². The third-order valence-electron chi connectivity index (χ3n) is 3.89. The Morgan fingerprint density at radius 2 is 2.36 bits per heavy atom. The van der Waals surface area contributed by atoms with Gasteiger partial charge in [-0.2, -0.15) is 5.26 Å². The molecule has 2 rings (SSSR count). The Kier molecular flexibility index (Phi) is 6.04. The zero-order chi connectivity index (χ0) is 18.4. The number of furan rings is 1. The quantitative estimate of drug-likeness (QED) is 0.575. The van der Waals surface area contributed by atoms with E-state index in [1.165, 1.54) is 11.8 Å². The van der Waals surface area contributed by atoms with Crippen LogP contribution in [0.5, 0.6) is 0 Å². The van der Waals surface area contributed by atoms with Gasteiger partial charge in [-0.15, -0.1) is 16.8 Å². The zero-order valence-electron chi connectivity index (χ0n) is 14.5. The van der Waals surface area contributed by atoms with Gasteiger partial charge in [-0.1, -0.05) is 31.7 Å². The van der Waals surface area contributed by atoms with Crippen molar-refractivity contribution in [3.63, 3.8) is 0 Å². The van der Waals surface area contributed by atoms with Gasteiger partial charge in [-0.3, -0.25) is 9.36 Å². The van der Waals surface area contributed by atoms with Crippen molar-refractivity contribution in [3.05, 3.63) is 31.1 Å². The molecule has 0 saturated carbocycles. The third-order valence-corrected chi connectivity index (χ3v) is 4.86. The summed E-state index contributed by atoms with van der Waals surface area (Å²) >= 11 is 1.25. The van der Waals surface area contributed by atoms with Crippen LogP contribution in [0, 0.1) is 17.2 Å². The molecule has 0 aromatic carbocycles. The van der Waals surface area contributed by atoms with E-state index >= 15 is 0 Å². The van der Waals surface area contributed by atoms with Gasteiger partial charge < -0.3 is 9.73 Å². The van der Waals surface area contributed by atoms with Crippen molar-refractivity contribution in [3.8, 4) is 17.7 Å². The Bertz CT molecular complexity index is 776. The summed E-state index contributed by atoms with van der Waals surface area (Å²) in [4.78, 5) is 12.2. The molecular weight excluding hydrogens is 338 g/mol. The topological polar surface area (TPSA) is 96.7 Å². The molecule has 0 radical (unpaired) electrons. The van der Waals surface area contributed by atoms with Gasteiger partial charge in [0.1, 0.15) is 5.54 Å². The lowest BCUT2D eigenvalue weighted by atomic mass is 9.90. The first-order valence-corrected chi connectivity index (χ1v) is 8.83. The third kappa shape index (κ3) is 4.31. The molecule has 132 valence electrons. The number of rotatable bonds is 8. The van der Waals surface area contributed by atoms with Gasteiger partial charge in [0.2, 0.25) is 11.7 Å². The highest BCUT2D eigenvalue weighted by molar-refractivity contribution is 7.99. The molecule has 25 heavy (non-hydrogen) atoms. The first-order valence-electron chi connectivity index (χ1n) is 7.84. The molecule has 1 amide bonds. The fourth-order valence-corrected chi connectivity index (χ4v) is 2.78. The standard InChI is InChI=1S/C17H21N5O2S/c1-5-8-22-15(13-7-6-9-24-13)20-21-16(22)25-10-14(23)19-17(4,11-18)12(2)3/h5-7,9,12H,1,8,10H2,2-4H3,(H,19,23). The summed E-state index contributed by atoms with van der Waals surface area (Å²) in [5, 5.41) is 20.9. The van der Waals surface area contributed by atoms with Crippen molar-refractivity contribution in [2.75, 3.05) is 5.75 Å². The summed E-state index contributed by atoms with van der Waals surface area (Å²) in [7, 11) is 0. The van der Waals surface area contributed by atoms with E-state index < -0.39 is 5.54 Å². The van der Waals surface area contributed by atoms with Crippen molar-refractivity contribution in [2.45, 2.75) is 38.0 Å². The molecule has 0 fully saturated rings. The molecule has 1 unspecified atom stereocenters. The maximum atomic E-state index is 12.2. The van der Waals surface area contributed by atoms with E-state index in [4.69, 9.17) is 4.42 Å². The van der Waals surface area contributed by atoms with Crippen LogP contribution in [0.25, 0.3) is 11.6 Å². The van der Waals surface area contributed by atoms with Crippen LogP contribution in [-0.2, 0) is 11.3 Å². The first-order chi connectivity index (χ1) is 11.9. The Balaban J connectivity index is 2.09. The van der Waals surface area contributed by atoms with E-state index in [-0.39, 0.29) is 17.6 Å². The first kappa shape index (κ1) is 18.8. The van der Waals surface area contributed by atoms with Crippen LogP contribution in [0.2, 0.25) is 0 Å². The Labute approximate surface area is 151 Å². The molecular formula is C17H21N5O2S. The summed E-state index contributed by atoms with van der Waals surface area (Å²) < 4.78 is 7.20. The summed E-state index contributed by atoms with van der Waals surface area (Å²) in [5.41, 5.74) is -0.897. The van der Waals surface area contributed by atoms with Crippen LogP contribution >= 0.6 is 11.8 Å². The number of carbonyl (C=O) groups excluding carboxylic acids is 1. The number of nitriles is 1. The summed E-state index contributed by atoms with van der Waals surface area (Å²) in [6.45, 7) is 9.75. The lowest BCUT2D eigenvalue weighted by Gasteiger charge is -2.27. The van der Waals surface area contributed by atoms with Crippen molar-refractivity contribution >= 4 is 17.7 Å². The summed E-state index contributed by atoms with van der Waals surface area (Å²) in [5.74, 6) is 1.09. The minimum atomic E-state index is -0.897. The molecule has 1 N–H and O–H groups in total. The van der Waals surface area contributed by atoms with Crippen molar-refractivity contribution in [1.29, 1.82) is 5.26 Å². The normalized spacial score (nSPS) is 13.2. The van der Waals surface area contributed by atoms with E-state index in [1.807, 2.05) is 18.4 Å². The molecule has 0 aliphatic rings. The largest absolute Gasteiger partial charge is 0.461 e. The molecule has 2 aromatic heterocycles. The molecule has 0 aliphatic heterocycles. The lowest BCUT2D eigenvalue weighted by molar-refractivity contribution is -0.120. The number of carbonyl (C=O) groups is 1. The highest BCUT2D eigenvalue weighted by Crippen LogP contribution is 2.24. The van der Waals surface area contributed by atoms with Gasteiger partial charge in [-0.25, -0.2) is 0 Å². The lowest BCUT2D eigenvalue weighted by Crippen LogP contribution is -2.49. The monoisotopic (exact) mass is 359 g/mol. The van der Waals surface area contributed by atoms with Crippen LogP contribution < -0.4 is 5.32 Å². The molecule has 0 spiro atoms. The number of nitrogens with zero attached hydrogens (tertiary/aromatic N) is 4. The van der Waals surface area contributed by atoms with Crippen LogP contribution in [0.3, 0.4) is 0 Å². The molecule has 0 aliphatic carbocycles. The predicted molar refractivity (Wildman–Crippen MR) is 95.6 cm³/mol. The number of hydrogen-bond donors (Lipinski definition) is 1. The maximum absolute atomic E-state index is 12.2. The molecule has 8 heteroatoms. The fourth-order valence-electron chi connectivity index (χ4n) is 2.03. The molecule has 0 saturated heterocycles. The van der Waals surface area contributed by atoms with Crippen LogP contribution in [-0.4, -0.2) is 32.0 Å². The molecule has 2 heterocycles. The van der Waals surface area contributed by atoms with Crippen LogP contribution in [0.1, 0.15) is 20.8 Å². The smallest absolute Gasteiger partial charge is 0.231 e. The highest BCUT2D eigenvalue weighted by atomic mass is 32.2. The van der Waals surface area contributed by atoms with Crippen LogP contribution in [0.4, 0.5) is 0 Å². The second-order valence-electron chi connectivity index (χ2n) is 5.99. The molecule has 2 aromatic rings. The fraction of sp³-hybridized carbons (Fsp3) is 0.412. The number of aromatic nitrogens is 3. The second kappa shape index (κ2) is 8.03. The minimum Gasteiger partial charge on any atom is -0.461 e. The van der Waals surface area contributed by atoms with Gasteiger partial charge in [0, 0.05) is 6.54 Å². The number of thioether (sulfide) groups is 1. The number of allylic oxidation sites excluding steroid dienone is 1. The number of nitrogens with one attached hydrogen (secondary N) is 1. The highest BCUT2D eigenvalue weighted by Gasteiger charge is 2.30. The Morgan fingerprint density at radius 3 is 2.92 bits per heavy atom. The second-order valence-corrected chi connectivity index (χ2v) is 6.93. The maximum Gasteiger partial charge on any atom is 0.231 e. The van der Waals surface area contributed by atoms with Gasteiger partial charge in [-0.05, 0) is 25.0 Å². The summed E-state index contributed by atoms with van der Waals surface area (Å²) in [6, 6.07) is 5.73.